The second-order valence-corrected chi connectivity index (χ2v) is 6.90. The van der Waals surface area contributed by atoms with Crippen molar-refractivity contribution < 1.29 is 24.0 Å². The first kappa shape index (κ1) is 19.0. The first-order chi connectivity index (χ1) is 12.7. The van der Waals surface area contributed by atoms with Crippen molar-refractivity contribution in [1.82, 2.24) is 4.90 Å². The van der Waals surface area contributed by atoms with Gasteiger partial charge in [-0.05, 0) is 47.1 Å². The van der Waals surface area contributed by atoms with E-state index >= 15 is 0 Å². The maximum absolute atomic E-state index is 12.6. The number of hydrogen-bond donors (Lipinski definition) is 0. The minimum atomic E-state index is -1.29. The van der Waals surface area contributed by atoms with E-state index in [1.807, 2.05) is 0 Å². The van der Waals surface area contributed by atoms with Crippen LogP contribution in [0.5, 0.6) is 5.75 Å². The van der Waals surface area contributed by atoms with Gasteiger partial charge in [0.05, 0.1) is 15.0 Å². The molecule has 2 amide bonds. The average Bonchev–Trinajstić information content (AvgIpc) is 2.87. The zero-order valence-electron chi connectivity index (χ0n) is 13.6. The van der Waals surface area contributed by atoms with Gasteiger partial charge in [0, 0.05) is 11.1 Å². The SMILES string of the molecule is C[C@@H](C(=O)Oc1ccc(Cl)cc1Br)N1C(=O)c2cccc([N+](=O)[O-])c2C1=O. The van der Waals surface area contributed by atoms with Crippen LogP contribution in [0.2, 0.25) is 5.02 Å². The van der Waals surface area contributed by atoms with Gasteiger partial charge in [0.15, 0.2) is 0 Å². The number of hydrogen-bond acceptors (Lipinski definition) is 6. The van der Waals surface area contributed by atoms with Crippen molar-refractivity contribution in [1.29, 1.82) is 0 Å². The number of carbonyl (C=O) groups is 3. The Morgan fingerprint density at radius 1 is 1.26 bits per heavy atom. The fraction of sp³-hybridized carbons (Fsp3) is 0.118. The predicted octanol–water partition coefficient (Wildman–Crippen LogP) is 3.60. The Morgan fingerprint density at radius 2 is 1.96 bits per heavy atom. The average molecular weight is 454 g/mol. The maximum Gasteiger partial charge on any atom is 0.334 e. The van der Waals surface area contributed by atoms with Crippen molar-refractivity contribution in [3.05, 3.63) is 67.1 Å². The highest BCUT2D eigenvalue weighted by molar-refractivity contribution is 9.10. The third kappa shape index (κ3) is 3.31. The summed E-state index contributed by atoms with van der Waals surface area (Å²) in [4.78, 5) is 48.6. The summed E-state index contributed by atoms with van der Waals surface area (Å²) in [5.74, 6) is -2.44. The molecule has 1 aliphatic rings. The number of nitro benzene ring substituents is 1. The van der Waals surface area contributed by atoms with Crippen LogP contribution >= 0.6 is 27.5 Å². The molecule has 1 aliphatic heterocycles. The molecule has 1 heterocycles. The number of rotatable bonds is 4. The van der Waals surface area contributed by atoms with E-state index in [1.165, 1.54) is 37.3 Å². The lowest BCUT2D eigenvalue weighted by Crippen LogP contribution is -2.44. The Balaban J connectivity index is 1.89. The van der Waals surface area contributed by atoms with E-state index in [0.717, 1.165) is 6.07 Å². The zero-order valence-corrected chi connectivity index (χ0v) is 16.0. The van der Waals surface area contributed by atoms with Crippen LogP contribution in [0.1, 0.15) is 27.6 Å². The minimum Gasteiger partial charge on any atom is -0.424 e. The highest BCUT2D eigenvalue weighted by atomic mass is 79.9. The lowest BCUT2D eigenvalue weighted by molar-refractivity contribution is -0.385. The molecule has 0 unspecified atom stereocenters. The Bertz CT molecular complexity index is 1010. The van der Waals surface area contributed by atoms with Crippen molar-refractivity contribution in [2.45, 2.75) is 13.0 Å². The van der Waals surface area contributed by atoms with Crippen molar-refractivity contribution >= 4 is 51.0 Å². The molecule has 2 aromatic carbocycles. The molecule has 0 aromatic heterocycles. The largest absolute Gasteiger partial charge is 0.424 e. The Labute approximate surface area is 165 Å². The lowest BCUT2D eigenvalue weighted by atomic mass is 10.1. The van der Waals surface area contributed by atoms with Crippen LogP contribution in [0.3, 0.4) is 0 Å². The van der Waals surface area contributed by atoms with Gasteiger partial charge in [-0.25, -0.2) is 4.79 Å². The van der Waals surface area contributed by atoms with E-state index in [9.17, 15) is 24.5 Å². The standard InChI is InChI=1S/C17H10BrClN2O6/c1-8(17(24)27-13-6-5-9(19)7-11(13)18)20-15(22)10-3-2-4-12(21(25)26)14(10)16(20)23/h2-8H,1H3/t8-/m0/s1. The number of ether oxygens (including phenoxy) is 1. The number of nitro groups is 1. The van der Waals surface area contributed by atoms with Crippen molar-refractivity contribution in [3.63, 3.8) is 0 Å². The van der Waals surface area contributed by atoms with Gasteiger partial charge < -0.3 is 4.74 Å². The Hall–Kier alpha value is -2.78. The molecule has 3 rings (SSSR count). The number of imide groups is 1. The third-order valence-electron chi connectivity index (χ3n) is 3.95. The summed E-state index contributed by atoms with van der Waals surface area (Å²) in [7, 11) is 0. The van der Waals surface area contributed by atoms with E-state index < -0.39 is 34.4 Å². The van der Waals surface area contributed by atoms with Crippen molar-refractivity contribution in [2.24, 2.45) is 0 Å². The highest BCUT2D eigenvalue weighted by Gasteiger charge is 2.45. The molecule has 0 radical (unpaired) electrons. The Kier molecular flexibility index (Phi) is 4.99. The summed E-state index contributed by atoms with van der Waals surface area (Å²) < 4.78 is 5.63. The lowest BCUT2D eigenvalue weighted by Gasteiger charge is -2.21. The normalized spacial score (nSPS) is 14.1. The van der Waals surface area contributed by atoms with E-state index in [0.29, 0.717) is 14.4 Å². The minimum absolute atomic E-state index is 0.124. The molecule has 0 fully saturated rings. The fourth-order valence-corrected chi connectivity index (χ4v) is 3.41. The van der Waals surface area contributed by atoms with Gasteiger partial charge in [0.2, 0.25) is 0 Å². The van der Waals surface area contributed by atoms with Gasteiger partial charge >= 0.3 is 5.97 Å². The van der Waals surface area contributed by atoms with E-state index in [4.69, 9.17) is 16.3 Å². The molecule has 0 N–H and O–H groups in total. The van der Waals surface area contributed by atoms with Crippen LogP contribution in [0, 0.1) is 10.1 Å². The van der Waals surface area contributed by atoms with Gasteiger partial charge in [-0.3, -0.25) is 24.6 Å². The predicted molar refractivity (Wildman–Crippen MR) is 97.8 cm³/mol. The Morgan fingerprint density at radius 3 is 2.59 bits per heavy atom. The van der Waals surface area contributed by atoms with Gasteiger partial charge in [0.1, 0.15) is 17.4 Å². The summed E-state index contributed by atoms with van der Waals surface area (Å²) in [5.41, 5.74) is -0.948. The smallest absolute Gasteiger partial charge is 0.334 e. The molecule has 0 spiro atoms. The summed E-state index contributed by atoms with van der Waals surface area (Å²) >= 11 is 9.02. The van der Waals surface area contributed by atoms with Crippen LogP contribution in [0.15, 0.2) is 40.9 Å². The number of benzene rings is 2. The molecule has 0 bridgehead atoms. The molecular weight excluding hydrogens is 444 g/mol. The number of amides is 2. The molecule has 0 aliphatic carbocycles. The van der Waals surface area contributed by atoms with Gasteiger partial charge in [-0.1, -0.05) is 17.7 Å². The van der Waals surface area contributed by atoms with Gasteiger partial charge in [-0.15, -0.1) is 0 Å². The second kappa shape index (κ2) is 7.09. The van der Waals surface area contributed by atoms with Crippen LogP contribution in [0.4, 0.5) is 5.69 Å². The van der Waals surface area contributed by atoms with E-state index in [2.05, 4.69) is 15.9 Å². The molecule has 138 valence electrons. The number of nitrogens with zero attached hydrogens (tertiary/aromatic N) is 2. The summed E-state index contributed by atoms with van der Waals surface area (Å²) in [6, 6.07) is 6.91. The zero-order chi connectivity index (χ0) is 19.9. The number of halogens is 2. The number of esters is 1. The summed E-state index contributed by atoms with van der Waals surface area (Å²) in [6.07, 6.45) is 0. The molecule has 2 aromatic rings. The molecule has 10 heteroatoms. The highest BCUT2D eigenvalue weighted by Crippen LogP contribution is 2.33. The molecule has 27 heavy (non-hydrogen) atoms. The quantitative estimate of drug-likeness (QED) is 0.230. The molecular formula is C17H10BrClN2O6. The molecule has 8 nitrogen and oxygen atoms in total. The van der Waals surface area contributed by atoms with Gasteiger partial charge in [0.25, 0.3) is 17.5 Å². The summed E-state index contributed by atoms with van der Waals surface area (Å²) in [6.45, 7) is 1.31. The summed E-state index contributed by atoms with van der Waals surface area (Å²) in [5, 5.41) is 11.6. The van der Waals surface area contributed by atoms with E-state index in [-0.39, 0.29) is 16.9 Å². The van der Waals surface area contributed by atoms with E-state index in [1.54, 1.807) is 0 Å². The van der Waals surface area contributed by atoms with Crippen LogP contribution in [0.25, 0.3) is 0 Å². The first-order valence-electron chi connectivity index (χ1n) is 7.54. The molecule has 0 saturated heterocycles. The second-order valence-electron chi connectivity index (χ2n) is 5.61. The van der Waals surface area contributed by atoms with Crippen LogP contribution < -0.4 is 4.74 Å². The fourth-order valence-electron chi connectivity index (χ4n) is 2.65. The number of carbonyl (C=O) groups excluding carboxylic acids is 3. The molecule has 0 saturated carbocycles. The van der Waals surface area contributed by atoms with Crippen molar-refractivity contribution in [2.75, 3.05) is 0 Å². The van der Waals surface area contributed by atoms with Crippen LogP contribution in [-0.2, 0) is 4.79 Å². The van der Waals surface area contributed by atoms with Crippen molar-refractivity contribution in [3.8, 4) is 5.75 Å². The third-order valence-corrected chi connectivity index (χ3v) is 4.81. The monoisotopic (exact) mass is 452 g/mol. The maximum atomic E-state index is 12.6. The molecule has 1 atom stereocenters. The van der Waals surface area contributed by atoms with Crippen LogP contribution in [-0.4, -0.2) is 33.6 Å². The topological polar surface area (TPSA) is 107 Å². The van der Waals surface area contributed by atoms with Gasteiger partial charge in [-0.2, -0.15) is 0 Å². The first-order valence-corrected chi connectivity index (χ1v) is 8.71. The number of fused-ring (bicyclic) bond motifs is 1.